The number of rotatable bonds is 3. The van der Waals surface area contributed by atoms with E-state index in [0.717, 1.165) is 0 Å². The van der Waals surface area contributed by atoms with Crippen LogP contribution in [0.2, 0.25) is 0 Å². The van der Waals surface area contributed by atoms with Gasteiger partial charge >= 0.3 is 0 Å². The van der Waals surface area contributed by atoms with Gasteiger partial charge in [0.15, 0.2) is 0 Å². The Bertz CT molecular complexity index is 287. The summed E-state index contributed by atoms with van der Waals surface area (Å²) >= 11 is 0. The molecule has 0 heterocycles. The fourth-order valence-corrected chi connectivity index (χ4v) is 0.911. The first-order chi connectivity index (χ1) is 6.22. The van der Waals surface area contributed by atoms with E-state index in [0.29, 0.717) is 5.69 Å². The minimum absolute atomic E-state index is 0. The van der Waals surface area contributed by atoms with E-state index in [1.54, 1.807) is 19.2 Å². The zero-order valence-corrected chi connectivity index (χ0v) is 8.60. The van der Waals surface area contributed by atoms with E-state index in [2.05, 4.69) is 10.6 Å². The summed E-state index contributed by atoms with van der Waals surface area (Å²) in [6, 6.07) is 6.33. The molecule has 1 aromatic rings. The summed E-state index contributed by atoms with van der Waals surface area (Å²) in [5.41, 5.74) is 0.679. The van der Waals surface area contributed by atoms with Crippen LogP contribution < -0.4 is 10.6 Å². The average Bonchev–Trinajstić information content (AvgIpc) is 2.09. The lowest BCUT2D eigenvalue weighted by Gasteiger charge is -2.03. The van der Waals surface area contributed by atoms with E-state index in [1.165, 1.54) is 12.1 Å². The van der Waals surface area contributed by atoms with Gasteiger partial charge < -0.3 is 15.7 Å². The maximum absolute atomic E-state index is 11.1. The molecule has 5 heteroatoms. The number of benzene rings is 1. The fourth-order valence-electron chi connectivity index (χ4n) is 0.911. The molecule has 0 spiro atoms. The van der Waals surface area contributed by atoms with Crippen molar-refractivity contribution in [3.63, 3.8) is 0 Å². The van der Waals surface area contributed by atoms with E-state index >= 15 is 0 Å². The summed E-state index contributed by atoms with van der Waals surface area (Å²) in [6.07, 6.45) is 0. The minimum atomic E-state index is -0.104. The van der Waals surface area contributed by atoms with Gasteiger partial charge in [0.1, 0.15) is 5.75 Å². The van der Waals surface area contributed by atoms with Gasteiger partial charge in [-0.2, -0.15) is 0 Å². The number of anilines is 1. The van der Waals surface area contributed by atoms with Crippen molar-refractivity contribution in [2.75, 3.05) is 18.9 Å². The van der Waals surface area contributed by atoms with E-state index < -0.39 is 0 Å². The zero-order chi connectivity index (χ0) is 9.68. The van der Waals surface area contributed by atoms with Crippen molar-refractivity contribution in [3.05, 3.63) is 24.3 Å². The van der Waals surface area contributed by atoms with Gasteiger partial charge in [0.2, 0.25) is 5.91 Å². The quantitative estimate of drug-likeness (QED) is 0.660. The summed E-state index contributed by atoms with van der Waals surface area (Å²) in [5.74, 6) is 0.0832. The standard InChI is InChI=1S/C9H12N2O2.ClH/c1-10-6-9(13)11-7-2-4-8(12)5-3-7;/h2-5,10,12H,6H2,1H3,(H,11,13);1H. The highest BCUT2D eigenvalue weighted by molar-refractivity contribution is 5.92. The molecular weight excluding hydrogens is 204 g/mol. The normalized spacial score (nSPS) is 8.93. The van der Waals surface area contributed by atoms with Gasteiger partial charge in [-0.15, -0.1) is 12.4 Å². The lowest BCUT2D eigenvalue weighted by Crippen LogP contribution is -2.24. The monoisotopic (exact) mass is 216 g/mol. The molecule has 0 fully saturated rings. The molecule has 0 aliphatic rings. The minimum Gasteiger partial charge on any atom is -0.508 e. The molecule has 0 aromatic heterocycles. The predicted octanol–water partition coefficient (Wildman–Crippen LogP) is 0.972. The van der Waals surface area contributed by atoms with Crippen molar-refractivity contribution in [2.45, 2.75) is 0 Å². The molecule has 78 valence electrons. The Hall–Kier alpha value is -1.26. The molecule has 4 nitrogen and oxygen atoms in total. The van der Waals surface area contributed by atoms with E-state index in [4.69, 9.17) is 5.11 Å². The maximum atomic E-state index is 11.1. The SMILES string of the molecule is CNCC(=O)Nc1ccc(O)cc1.Cl. The molecule has 1 rings (SSSR count). The number of carbonyl (C=O) groups excluding carboxylic acids is 1. The van der Waals surface area contributed by atoms with E-state index in [9.17, 15) is 4.79 Å². The van der Waals surface area contributed by atoms with Gasteiger partial charge in [-0.05, 0) is 31.3 Å². The fraction of sp³-hybridized carbons (Fsp3) is 0.222. The van der Waals surface area contributed by atoms with E-state index in [-0.39, 0.29) is 30.6 Å². The summed E-state index contributed by atoms with van der Waals surface area (Å²) in [7, 11) is 1.70. The molecule has 1 aromatic carbocycles. The Morgan fingerprint density at radius 3 is 2.43 bits per heavy atom. The third-order valence-electron chi connectivity index (χ3n) is 1.49. The average molecular weight is 217 g/mol. The number of aromatic hydroxyl groups is 1. The second kappa shape index (κ2) is 6.23. The van der Waals surface area contributed by atoms with Gasteiger partial charge in [0.25, 0.3) is 0 Å². The first-order valence-electron chi connectivity index (χ1n) is 3.96. The van der Waals surface area contributed by atoms with Crippen molar-refractivity contribution < 1.29 is 9.90 Å². The van der Waals surface area contributed by atoms with E-state index in [1.807, 2.05) is 0 Å². The van der Waals surface area contributed by atoms with Gasteiger partial charge in [0.05, 0.1) is 6.54 Å². The van der Waals surface area contributed by atoms with Crippen LogP contribution >= 0.6 is 12.4 Å². The number of hydrogen-bond donors (Lipinski definition) is 3. The van der Waals surface area contributed by atoms with Crippen molar-refractivity contribution in [1.29, 1.82) is 0 Å². The first-order valence-corrected chi connectivity index (χ1v) is 3.96. The molecule has 0 atom stereocenters. The highest BCUT2D eigenvalue weighted by atomic mass is 35.5. The third kappa shape index (κ3) is 4.11. The van der Waals surface area contributed by atoms with Crippen LogP contribution in [-0.2, 0) is 4.79 Å². The van der Waals surface area contributed by atoms with Crippen LogP contribution in [-0.4, -0.2) is 24.6 Å². The molecule has 0 aliphatic carbocycles. The maximum Gasteiger partial charge on any atom is 0.238 e. The van der Waals surface area contributed by atoms with Gasteiger partial charge in [-0.1, -0.05) is 0 Å². The topological polar surface area (TPSA) is 61.4 Å². The van der Waals surface area contributed by atoms with Crippen LogP contribution in [0.4, 0.5) is 5.69 Å². The second-order valence-corrected chi connectivity index (χ2v) is 2.63. The molecule has 3 N–H and O–H groups in total. The number of nitrogens with one attached hydrogen (secondary N) is 2. The molecule has 0 saturated carbocycles. The van der Waals surface area contributed by atoms with Crippen molar-refractivity contribution >= 4 is 24.0 Å². The number of phenols is 1. The Morgan fingerprint density at radius 1 is 1.36 bits per heavy atom. The highest BCUT2D eigenvalue weighted by Gasteiger charge is 1.99. The largest absolute Gasteiger partial charge is 0.508 e. The van der Waals surface area contributed by atoms with Crippen molar-refractivity contribution in [2.24, 2.45) is 0 Å². The van der Waals surface area contributed by atoms with Gasteiger partial charge in [0, 0.05) is 5.69 Å². The zero-order valence-electron chi connectivity index (χ0n) is 7.78. The molecular formula is C9H13ClN2O2. The van der Waals surface area contributed by atoms with Crippen LogP contribution in [0, 0.1) is 0 Å². The number of carbonyl (C=O) groups is 1. The summed E-state index contributed by atoms with van der Waals surface area (Å²) in [5, 5.41) is 14.4. The Balaban J connectivity index is 0.00000169. The summed E-state index contributed by atoms with van der Waals surface area (Å²) in [4.78, 5) is 11.1. The number of phenolic OH excluding ortho intramolecular Hbond substituents is 1. The van der Waals surface area contributed by atoms with Gasteiger partial charge in [-0.25, -0.2) is 0 Å². The Kier molecular flexibility index (Phi) is 5.67. The number of halogens is 1. The van der Waals surface area contributed by atoms with Crippen LogP contribution in [0.3, 0.4) is 0 Å². The molecule has 14 heavy (non-hydrogen) atoms. The summed E-state index contributed by atoms with van der Waals surface area (Å²) < 4.78 is 0. The smallest absolute Gasteiger partial charge is 0.238 e. The van der Waals surface area contributed by atoms with Crippen molar-refractivity contribution in [1.82, 2.24) is 5.32 Å². The summed E-state index contributed by atoms with van der Waals surface area (Å²) in [6.45, 7) is 0.279. The molecule has 0 bridgehead atoms. The first kappa shape index (κ1) is 12.7. The molecule has 0 unspecified atom stereocenters. The van der Waals surface area contributed by atoms with Gasteiger partial charge in [-0.3, -0.25) is 4.79 Å². The lowest BCUT2D eigenvalue weighted by atomic mass is 10.3. The lowest BCUT2D eigenvalue weighted by molar-refractivity contribution is -0.115. The van der Waals surface area contributed by atoms with Crippen LogP contribution in [0.5, 0.6) is 5.75 Å². The Labute approximate surface area is 88.7 Å². The second-order valence-electron chi connectivity index (χ2n) is 2.63. The molecule has 0 saturated heterocycles. The Morgan fingerprint density at radius 2 is 1.93 bits per heavy atom. The molecule has 1 amide bonds. The van der Waals surface area contributed by atoms with Crippen LogP contribution in [0.1, 0.15) is 0 Å². The number of likely N-dealkylation sites (N-methyl/N-ethyl adjacent to an activating group) is 1. The van der Waals surface area contributed by atoms with Crippen LogP contribution in [0.15, 0.2) is 24.3 Å². The van der Waals surface area contributed by atoms with Crippen molar-refractivity contribution in [3.8, 4) is 5.75 Å². The number of hydrogen-bond acceptors (Lipinski definition) is 3. The third-order valence-corrected chi connectivity index (χ3v) is 1.49. The predicted molar refractivity (Wildman–Crippen MR) is 57.9 cm³/mol. The van der Waals surface area contributed by atoms with Crippen LogP contribution in [0.25, 0.3) is 0 Å². The highest BCUT2D eigenvalue weighted by Crippen LogP contribution is 2.13. The molecule has 0 aliphatic heterocycles. The number of amides is 1. The molecule has 0 radical (unpaired) electrons.